The molecule has 128 valence electrons. The van der Waals surface area contributed by atoms with E-state index in [1.807, 2.05) is 30.5 Å². The van der Waals surface area contributed by atoms with Crippen molar-refractivity contribution >= 4 is 0 Å². The number of imidazole rings is 1. The van der Waals surface area contributed by atoms with E-state index in [1.54, 1.807) is 0 Å². The van der Waals surface area contributed by atoms with Gasteiger partial charge in [0.15, 0.2) is 0 Å². The molecule has 0 amide bonds. The Hall–Kier alpha value is -2.59. The van der Waals surface area contributed by atoms with Gasteiger partial charge in [0, 0.05) is 42.5 Å². The van der Waals surface area contributed by atoms with E-state index in [0.717, 1.165) is 30.4 Å². The van der Waals surface area contributed by atoms with E-state index >= 15 is 0 Å². The Balaban J connectivity index is 1.55. The lowest BCUT2D eigenvalue weighted by Gasteiger charge is -2.29. The Bertz CT molecular complexity index is 823. The Labute approximate surface area is 148 Å². The fourth-order valence-electron chi connectivity index (χ4n) is 3.47. The largest absolute Gasteiger partial charge is 0.457 e. The molecule has 25 heavy (non-hydrogen) atoms. The third-order valence-corrected chi connectivity index (χ3v) is 4.65. The number of aromatic nitrogens is 2. The molecular weight excluding hydrogens is 310 g/mol. The van der Waals surface area contributed by atoms with Gasteiger partial charge in [0.05, 0.1) is 6.04 Å². The van der Waals surface area contributed by atoms with E-state index in [2.05, 4.69) is 59.2 Å². The maximum Gasteiger partial charge on any atom is 0.132 e. The second-order valence-electron chi connectivity index (χ2n) is 6.70. The highest BCUT2D eigenvalue weighted by atomic mass is 16.5. The standard InChI is InChI=1S/C21H23N3O/c1-15(2)21-23-12-14-24(21)13-11-22-20-16-7-3-5-9-18(16)25-19-10-6-4-8-17(19)20/h3-10,12,14-15,20,22H,11,13H2,1-2H3. The maximum absolute atomic E-state index is 6.06. The topological polar surface area (TPSA) is 39.1 Å². The van der Waals surface area contributed by atoms with E-state index < -0.39 is 0 Å². The van der Waals surface area contributed by atoms with Crippen molar-refractivity contribution in [1.82, 2.24) is 14.9 Å². The van der Waals surface area contributed by atoms with E-state index in [4.69, 9.17) is 4.74 Å². The van der Waals surface area contributed by atoms with Crippen molar-refractivity contribution in [3.05, 3.63) is 77.9 Å². The minimum Gasteiger partial charge on any atom is -0.457 e. The first-order chi connectivity index (χ1) is 12.2. The van der Waals surface area contributed by atoms with Crippen molar-refractivity contribution in [2.75, 3.05) is 6.54 Å². The van der Waals surface area contributed by atoms with Crippen molar-refractivity contribution in [2.24, 2.45) is 0 Å². The molecule has 4 heteroatoms. The molecule has 4 nitrogen and oxygen atoms in total. The first kappa shape index (κ1) is 15.9. The molecule has 1 aliphatic rings. The highest BCUT2D eigenvalue weighted by Gasteiger charge is 2.26. The van der Waals surface area contributed by atoms with Crippen molar-refractivity contribution in [3.8, 4) is 11.5 Å². The number of ether oxygens (including phenoxy) is 1. The van der Waals surface area contributed by atoms with Crippen LogP contribution in [0.25, 0.3) is 0 Å². The molecule has 2 heterocycles. The number of para-hydroxylation sites is 2. The van der Waals surface area contributed by atoms with Crippen LogP contribution < -0.4 is 10.1 Å². The van der Waals surface area contributed by atoms with Gasteiger partial charge in [-0.25, -0.2) is 4.98 Å². The van der Waals surface area contributed by atoms with Crippen molar-refractivity contribution in [3.63, 3.8) is 0 Å². The Morgan fingerprint density at radius 3 is 2.32 bits per heavy atom. The smallest absolute Gasteiger partial charge is 0.132 e. The normalized spacial score (nSPS) is 13.4. The van der Waals surface area contributed by atoms with Gasteiger partial charge >= 0.3 is 0 Å². The molecule has 2 aromatic carbocycles. The fourth-order valence-corrected chi connectivity index (χ4v) is 3.47. The van der Waals surface area contributed by atoms with Crippen molar-refractivity contribution in [1.29, 1.82) is 0 Å². The summed E-state index contributed by atoms with van der Waals surface area (Å²) in [7, 11) is 0. The van der Waals surface area contributed by atoms with Crippen LogP contribution in [0.15, 0.2) is 60.9 Å². The summed E-state index contributed by atoms with van der Waals surface area (Å²) >= 11 is 0. The molecular formula is C21H23N3O. The summed E-state index contributed by atoms with van der Waals surface area (Å²) in [6.07, 6.45) is 3.94. The van der Waals surface area contributed by atoms with Gasteiger partial charge in [0.1, 0.15) is 17.3 Å². The van der Waals surface area contributed by atoms with Crippen LogP contribution in [0.5, 0.6) is 11.5 Å². The van der Waals surface area contributed by atoms with Crippen LogP contribution in [0.1, 0.15) is 42.8 Å². The van der Waals surface area contributed by atoms with Crippen LogP contribution in [-0.4, -0.2) is 16.1 Å². The molecule has 0 aliphatic carbocycles. The summed E-state index contributed by atoms with van der Waals surface area (Å²) in [6, 6.07) is 16.7. The van der Waals surface area contributed by atoms with Gasteiger partial charge in [-0.05, 0) is 12.1 Å². The Morgan fingerprint density at radius 2 is 1.68 bits per heavy atom. The fraction of sp³-hybridized carbons (Fsp3) is 0.286. The summed E-state index contributed by atoms with van der Waals surface area (Å²) in [5, 5.41) is 3.71. The lowest BCUT2D eigenvalue weighted by atomic mass is 9.94. The number of nitrogens with one attached hydrogen (secondary N) is 1. The van der Waals surface area contributed by atoms with Crippen LogP contribution >= 0.6 is 0 Å². The van der Waals surface area contributed by atoms with Crippen LogP contribution in [0.3, 0.4) is 0 Å². The summed E-state index contributed by atoms with van der Waals surface area (Å²) in [5.41, 5.74) is 2.38. The SMILES string of the molecule is CC(C)c1nccn1CCNC1c2ccccc2Oc2ccccc21. The predicted molar refractivity (Wildman–Crippen MR) is 99.1 cm³/mol. The van der Waals surface area contributed by atoms with Gasteiger partial charge in [0.2, 0.25) is 0 Å². The quantitative estimate of drug-likeness (QED) is 0.747. The second-order valence-corrected chi connectivity index (χ2v) is 6.70. The molecule has 0 radical (unpaired) electrons. The van der Waals surface area contributed by atoms with E-state index in [-0.39, 0.29) is 6.04 Å². The van der Waals surface area contributed by atoms with Crippen LogP contribution in [-0.2, 0) is 6.54 Å². The highest BCUT2D eigenvalue weighted by Crippen LogP contribution is 2.42. The molecule has 1 aliphatic heterocycles. The first-order valence-electron chi connectivity index (χ1n) is 8.84. The summed E-state index contributed by atoms with van der Waals surface area (Å²) < 4.78 is 8.29. The lowest BCUT2D eigenvalue weighted by molar-refractivity contribution is 0.423. The van der Waals surface area contributed by atoms with Crippen LogP contribution in [0.4, 0.5) is 0 Å². The number of benzene rings is 2. The molecule has 3 aromatic rings. The minimum atomic E-state index is 0.146. The van der Waals surface area contributed by atoms with Gasteiger partial charge in [-0.1, -0.05) is 50.2 Å². The second kappa shape index (κ2) is 6.73. The van der Waals surface area contributed by atoms with Gasteiger partial charge in [-0.3, -0.25) is 0 Å². The summed E-state index contributed by atoms with van der Waals surface area (Å²) in [4.78, 5) is 4.47. The number of hydrogen-bond donors (Lipinski definition) is 1. The van der Waals surface area contributed by atoms with Gasteiger partial charge in [-0.2, -0.15) is 0 Å². The number of rotatable bonds is 5. The summed E-state index contributed by atoms with van der Waals surface area (Å²) in [6.45, 7) is 6.12. The van der Waals surface area contributed by atoms with Gasteiger partial charge in [-0.15, -0.1) is 0 Å². The van der Waals surface area contributed by atoms with E-state index in [1.165, 1.54) is 11.1 Å². The Kier molecular flexibility index (Phi) is 4.28. The zero-order valence-electron chi connectivity index (χ0n) is 14.6. The van der Waals surface area contributed by atoms with Crippen molar-refractivity contribution in [2.45, 2.75) is 32.4 Å². The molecule has 1 N–H and O–H groups in total. The third kappa shape index (κ3) is 3.05. The molecule has 0 fully saturated rings. The highest BCUT2D eigenvalue weighted by molar-refractivity contribution is 5.52. The molecule has 0 saturated heterocycles. The average Bonchev–Trinajstić information content (AvgIpc) is 3.10. The molecule has 0 saturated carbocycles. The molecule has 1 aromatic heterocycles. The molecule has 0 spiro atoms. The predicted octanol–water partition coefficient (Wildman–Crippen LogP) is 4.49. The molecule has 0 atom stereocenters. The average molecular weight is 333 g/mol. The number of nitrogens with zero attached hydrogens (tertiary/aromatic N) is 2. The summed E-state index contributed by atoms with van der Waals surface area (Å²) in [5.74, 6) is 3.43. The van der Waals surface area contributed by atoms with Crippen LogP contribution in [0, 0.1) is 0 Å². The van der Waals surface area contributed by atoms with E-state index in [0.29, 0.717) is 5.92 Å². The zero-order valence-corrected chi connectivity index (χ0v) is 14.6. The third-order valence-electron chi connectivity index (χ3n) is 4.65. The van der Waals surface area contributed by atoms with Gasteiger partial charge < -0.3 is 14.6 Å². The number of hydrogen-bond acceptors (Lipinski definition) is 3. The monoisotopic (exact) mass is 333 g/mol. The van der Waals surface area contributed by atoms with Gasteiger partial charge in [0.25, 0.3) is 0 Å². The lowest BCUT2D eigenvalue weighted by Crippen LogP contribution is -2.28. The molecule has 0 bridgehead atoms. The maximum atomic E-state index is 6.06. The Morgan fingerprint density at radius 1 is 1.04 bits per heavy atom. The first-order valence-corrected chi connectivity index (χ1v) is 8.84. The van der Waals surface area contributed by atoms with E-state index in [9.17, 15) is 0 Å². The van der Waals surface area contributed by atoms with Crippen molar-refractivity contribution < 1.29 is 4.74 Å². The number of fused-ring (bicyclic) bond motifs is 2. The molecule has 0 unspecified atom stereocenters. The zero-order chi connectivity index (χ0) is 17.2. The molecule has 4 rings (SSSR count). The minimum absolute atomic E-state index is 0.146. The van der Waals surface area contributed by atoms with Crippen LogP contribution in [0.2, 0.25) is 0 Å².